The summed E-state index contributed by atoms with van der Waals surface area (Å²) in [7, 11) is 3.02. The molecule has 1 fully saturated rings. The number of hydrogen-bond acceptors (Lipinski definition) is 9. The van der Waals surface area contributed by atoms with E-state index in [2.05, 4.69) is 6.58 Å². The smallest absolute Gasteiger partial charge is 0.330 e. The van der Waals surface area contributed by atoms with Crippen LogP contribution in [-0.4, -0.2) is 68.5 Å². The number of Topliss-reactive ketones (excluding diaryl/α,β-unsaturated/α-hetero) is 1. The van der Waals surface area contributed by atoms with E-state index in [0.717, 1.165) is 11.6 Å². The number of ether oxygens (including phenoxy) is 5. The van der Waals surface area contributed by atoms with Gasteiger partial charge in [0.05, 0.1) is 19.6 Å². The summed E-state index contributed by atoms with van der Waals surface area (Å²) in [6, 6.07) is 6.44. The average Bonchev–Trinajstić information content (AvgIpc) is 3.14. The molecule has 2 aromatic carbocycles. The first kappa shape index (κ1) is 42.7. The minimum Gasteiger partial charge on any atom is -0.493 e. The van der Waals surface area contributed by atoms with Crippen LogP contribution in [0.4, 0.5) is 8.78 Å². The van der Waals surface area contributed by atoms with Crippen molar-refractivity contribution in [2.75, 3.05) is 34.0 Å². The van der Waals surface area contributed by atoms with Crippen molar-refractivity contribution in [3.8, 4) is 17.2 Å². The number of likely N-dealkylation sites (tertiary alicyclic amines) is 1. The second-order valence-electron chi connectivity index (χ2n) is 14.5. The quantitative estimate of drug-likeness (QED) is 0.0662. The van der Waals surface area contributed by atoms with E-state index in [0.29, 0.717) is 36.3 Å². The van der Waals surface area contributed by atoms with Crippen LogP contribution in [0.2, 0.25) is 0 Å². The Morgan fingerprint density at radius 2 is 1.68 bits per heavy atom. The lowest BCUT2D eigenvalue weighted by Gasteiger charge is -2.36. The lowest BCUT2D eigenvalue weighted by molar-refractivity contribution is -0.165. The molecule has 1 aliphatic rings. The molecule has 0 aliphatic carbocycles. The van der Waals surface area contributed by atoms with Gasteiger partial charge in [-0.2, -0.15) is 4.39 Å². The van der Waals surface area contributed by atoms with E-state index < -0.39 is 52.8 Å². The Kier molecular flexibility index (Phi) is 15.6. The van der Waals surface area contributed by atoms with Crippen LogP contribution in [-0.2, 0) is 35.1 Å². The number of benzene rings is 2. The molecule has 0 aromatic heterocycles. The molecule has 1 amide bonds. The number of aryl methyl sites for hydroxylation is 1. The van der Waals surface area contributed by atoms with Gasteiger partial charge in [-0.15, -0.1) is 0 Å². The first-order chi connectivity index (χ1) is 25.0. The van der Waals surface area contributed by atoms with E-state index >= 15 is 4.39 Å². The Morgan fingerprint density at radius 1 is 0.981 bits per heavy atom. The van der Waals surface area contributed by atoms with Gasteiger partial charge in [-0.1, -0.05) is 46.4 Å². The zero-order valence-electron chi connectivity index (χ0n) is 32.1. The molecule has 0 spiro atoms. The second-order valence-corrected chi connectivity index (χ2v) is 14.5. The van der Waals surface area contributed by atoms with Gasteiger partial charge < -0.3 is 28.6 Å². The van der Waals surface area contributed by atoms with Crippen LogP contribution in [0.25, 0.3) is 0 Å². The lowest BCUT2D eigenvalue weighted by Crippen LogP contribution is -2.53. The number of halogens is 2. The highest BCUT2D eigenvalue weighted by Crippen LogP contribution is 2.34. The summed E-state index contributed by atoms with van der Waals surface area (Å²) in [6.07, 6.45) is 3.63. The highest BCUT2D eigenvalue weighted by atomic mass is 19.2. The number of carbonyl (C=O) groups is 4. The highest BCUT2D eigenvalue weighted by molar-refractivity contribution is 6.38. The van der Waals surface area contributed by atoms with E-state index in [1.807, 2.05) is 33.8 Å². The molecule has 1 aliphatic heterocycles. The fourth-order valence-electron chi connectivity index (χ4n) is 5.53. The molecule has 10 nitrogen and oxygen atoms in total. The molecule has 1 saturated heterocycles. The fraction of sp³-hybridized carbons (Fsp3) is 0.512. The molecule has 12 heteroatoms. The molecular formula is C41H53F2NO9. The Bertz CT molecular complexity index is 1670. The van der Waals surface area contributed by atoms with Crippen LogP contribution in [0, 0.1) is 28.9 Å². The normalized spacial score (nSPS) is 15.3. The van der Waals surface area contributed by atoms with Crippen molar-refractivity contribution < 1.29 is 51.6 Å². The van der Waals surface area contributed by atoms with Gasteiger partial charge in [-0.25, -0.2) is 14.0 Å². The van der Waals surface area contributed by atoms with Crippen LogP contribution in [0.1, 0.15) is 84.5 Å². The third kappa shape index (κ3) is 11.9. The molecule has 3 rings (SSSR count). The molecule has 0 radical (unpaired) electrons. The van der Waals surface area contributed by atoms with Gasteiger partial charge in [-0.05, 0) is 98.8 Å². The number of nitrogens with zero attached hydrogens (tertiary/aromatic N) is 1. The summed E-state index contributed by atoms with van der Waals surface area (Å²) in [4.78, 5) is 54.5. The Balaban J connectivity index is 1.90. The predicted molar refractivity (Wildman–Crippen MR) is 196 cm³/mol. The molecule has 290 valence electrons. The lowest BCUT2D eigenvalue weighted by atomic mass is 9.87. The standard InChI is InChI=1S/C41H53F2NO9/c1-25(2)13-18-36(45)52-24-41(6,7)38(46)39(47)44-19-11-10-12-31(44)40(48)53-32(16-14-28-15-17-33(49-8)34(20-28)50-9)29-21-30(42)37(43)35(22-29)51-23-27(5)26(3)4/h13,15,17-18,20-22,25-26,31-32H,5,10-12,14,16,19,23-24H2,1-4,6-9H3/t31-,32+/m0/s1. The number of methoxy groups -OCH3 is 2. The molecule has 0 bridgehead atoms. The van der Waals surface area contributed by atoms with Crippen molar-refractivity contribution in [3.05, 3.63) is 77.4 Å². The van der Waals surface area contributed by atoms with Gasteiger partial charge in [0.2, 0.25) is 11.6 Å². The van der Waals surface area contributed by atoms with Gasteiger partial charge in [0.25, 0.3) is 5.91 Å². The topological polar surface area (TPSA) is 118 Å². The van der Waals surface area contributed by atoms with Gasteiger partial charge in [0, 0.05) is 12.6 Å². The number of piperidine rings is 1. The van der Waals surface area contributed by atoms with Crippen molar-refractivity contribution in [1.29, 1.82) is 0 Å². The van der Waals surface area contributed by atoms with E-state index in [9.17, 15) is 23.6 Å². The van der Waals surface area contributed by atoms with Gasteiger partial charge in [-0.3, -0.25) is 9.59 Å². The molecule has 2 aromatic rings. The zero-order valence-corrected chi connectivity index (χ0v) is 32.1. The van der Waals surface area contributed by atoms with E-state index in [1.165, 1.54) is 45.1 Å². The largest absolute Gasteiger partial charge is 0.493 e. The summed E-state index contributed by atoms with van der Waals surface area (Å²) >= 11 is 0. The van der Waals surface area contributed by atoms with Crippen molar-refractivity contribution in [3.63, 3.8) is 0 Å². The van der Waals surface area contributed by atoms with Crippen molar-refractivity contribution in [1.82, 2.24) is 4.90 Å². The summed E-state index contributed by atoms with van der Waals surface area (Å²) < 4.78 is 57.8. The van der Waals surface area contributed by atoms with Crippen LogP contribution < -0.4 is 14.2 Å². The number of ketones is 1. The third-order valence-corrected chi connectivity index (χ3v) is 9.06. The third-order valence-electron chi connectivity index (χ3n) is 9.06. The number of allylic oxidation sites excluding steroid dienone is 1. The van der Waals surface area contributed by atoms with Crippen molar-refractivity contribution >= 4 is 23.6 Å². The summed E-state index contributed by atoms with van der Waals surface area (Å²) in [6.45, 7) is 14.2. The SMILES string of the molecule is C=C(COc1cc([C@@H](CCc2ccc(OC)c(OC)c2)OC(=O)[C@@H]2CCCCN2C(=O)C(=O)C(C)(C)COC(=O)C=CC(C)C)cc(F)c1F)C(C)C. The summed E-state index contributed by atoms with van der Waals surface area (Å²) in [5, 5.41) is 0. The van der Waals surface area contributed by atoms with E-state index in [1.54, 1.807) is 18.2 Å². The van der Waals surface area contributed by atoms with Gasteiger partial charge in [0.15, 0.2) is 23.1 Å². The molecular weight excluding hydrogens is 688 g/mol. The molecule has 53 heavy (non-hydrogen) atoms. The van der Waals surface area contributed by atoms with Gasteiger partial charge >= 0.3 is 11.9 Å². The van der Waals surface area contributed by atoms with E-state index in [-0.39, 0.29) is 55.7 Å². The van der Waals surface area contributed by atoms with Gasteiger partial charge in [0.1, 0.15) is 25.4 Å². The number of esters is 2. The zero-order chi connectivity index (χ0) is 39.5. The maximum atomic E-state index is 15.1. The minimum absolute atomic E-state index is 0.0433. The molecule has 0 saturated carbocycles. The van der Waals surface area contributed by atoms with Crippen molar-refractivity contribution in [2.24, 2.45) is 17.3 Å². The average molecular weight is 742 g/mol. The minimum atomic E-state index is -1.38. The number of rotatable bonds is 18. The second kappa shape index (κ2) is 19.4. The molecule has 0 N–H and O–H groups in total. The highest BCUT2D eigenvalue weighted by Gasteiger charge is 2.42. The number of carbonyl (C=O) groups excluding carboxylic acids is 4. The maximum Gasteiger partial charge on any atom is 0.330 e. The van der Waals surface area contributed by atoms with Crippen LogP contribution in [0.3, 0.4) is 0 Å². The van der Waals surface area contributed by atoms with Crippen molar-refractivity contribution in [2.45, 2.75) is 85.8 Å². The van der Waals surface area contributed by atoms with E-state index in [4.69, 9.17) is 23.7 Å². The molecule has 1 heterocycles. The van der Waals surface area contributed by atoms with Crippen LogP contribution >= 0.6 is 0 Å². The summed E-state index contributed by atoms with van der Waals surface area (Å²) in [5.74, 6) is -4.75. The Morgan fingerprint density at radius 3 is 2.32 bits per heavy atom. The Labute approximate surface area is 311 Å². The number of amides is 1. The molecule has 0 unspecified atom stereocenters. The van der Waals surface area contributed by atoms with Crippen LogP contribution in [0.15, 0.2) is 54.6 Å². The molecule has 2 atom stereocenters. The van der Waals surface area contributed by atoms with Crippen LogP contribution in [0.5, 0.6) is 17.2 Å². The first-order valence-electron chi connectivity index (χ1n) is 17.9. The first-order valence-corrected chi connectivity index (χ1v) is 17.9. The number of hydrogen-bond donors (Lipinski definition) is 0. The summed E-state index contributed by atoms with van der Waals surface area (Å²) in [5.41, 5.74) is 0.225. The maximum absolute atomic E-state index is 15.1. The Hall–Kier alpha value is -4.74. The monoisotopic (exact) mass is 741 g/mol. The predicted octanol–water partition coefficient (Wildman–Crippen LogP) is 7.52. The fourth-order valence-corrected chi connectivity index (χ4v) is 5.53.